The second kappa shape index (κ2) is 13.9. The minimum Gasteiger partial charge on any atom is -0.461 e. The summed E-state index contributed by atoms with van der Waals surface area (Å²) in [7, 11) is 3.66. The zero-order valence-electron chi connectivity index (χ0n) is 26.2. The fourth-order valence-corrected chi connectivity index (χ4v) is 5.45. The maximum atomic E-state index is 14.2. The molecule has 1 aliphatic rings. The molecular formula is C30H33F4N11O3. The molecule has 1 N–H and O–H groups in total. The number of fused-ring (bicyclic) bond motifs is 1. The predicted octanol–water partition coefficient (Wildman–Crippen LogP) is 3.54. The van der Waals surface area contributed by atoms with Crippen LogP contribution in [0.2, 0.25) is 0 Å². The van der Waals surface area contributed by atoms with E-state index in [4.69, 9.17) is 9.47 Å². The molecule has 0 saturated carbocycles. The van der Waals surface area contributed by atoms with Crippen molar-refractivity contribution in [1.29, 1.82) is 0 Å². The summed E-state index contributed by atoms with van der Waals surface area (Å²) in [6.45, 7) is 0.0173. The van der Waals surface area contributed by atoms with Crippen molar-refractivity contribution in [2.45, 2.75) is 38.7 Å². The van der Waals surface area contributed by atoms with Gasteiger partial charge in [-0.25, -0.2) is 23.0 Å². The third-order valence-electron chi connectivity index (χ3n) is 7.47. The lowest BCUT2D eigenvalue weighted by Gasteiger charge is -2.39. The Hall–Kier alpha value is -5.10. The Morgan fingerprint density at radius 1 is 1.15 bits per heavy atom. The predicted molar refractivity (Wildman–Crippen MR) is 164 cm³/mol. The number of amides is 1. The highest BCUT2D eigenvalue weighted by atomic mass is 19.3. The average Bonchev–Trinajstić information content (AvgIpc) is 3.73. The van der Waals surface area contributed by atoms with Gasteiger partial charge in [0.05, 0.1) is 36.2 Å². The summed E-state index contributed by atoms with van der Waals surface area (Å²) in [5.74, 6) is -0.838. The van der Waals surface area contributed by atoms with Crippen molar-refractivity contribution < 1.29 is 31.8 Å². The first-order valence-corrected chi connectivity index (χ1v) is 15.0. The molecule has 1 amide bonds. The summed E-state index contributed by atoms with van der Waals surface area (Å²) in [6.07, 6.45) is 5.09. The molecule has 0 aliphatic carbocycles. The second-order valence-electron chi connectivity index (χ2n) is 11.6. The van der Waals surface area contributed by atoms with E-state index in [1.54, 1.807) is 23.1 Å². The van der Waals surface area contributed by atoms with E-state index in [0.717, 1.165) is 0 Å². The summed E-state index contributed by atoms with van der Waals surface area (Å²) in [5.41, 5.74) is 1.15. The second-order valence-corrected chi connectivity index (χ2v) is 11.6. The minimum atomic E-state index is -3.18. The maximum absolute atomic E-state index is 14.2. The minimum absolute atomic E-state index is 0.0131. The summed E-state index contributed by atoms with van der Waals surface area (Å²) in [6, 6.07) is 5.47. The van der Waals surface area contributed by atoms with Crippen LogP contribution in [-0.2, 0) is 6.54 Å². The maximum Gasteiger partial charge on any atom is 0.387 e. The molecule has 1 aliphatic heterocycles. The molecule has 254 valence electrons. The van der Waals surface area contributed by atoms with E-state index in [2.05, 4.69) is 30.8 Å². The third kappa shape index (κ3) is 7.54. The molecule has 48 heavy (non-hydrogen) atoms. The number of aromatic nitrogens is 8. The Morgan fingerprint density at radius 3 is 2.71 bits per heavy atom. The van der Waals surface area contributed by atoms with Crippen molar-refractivity contribution in [3.05, 3.63) is 66.5 Å². The molecule has 14 nitrogen and oxygen atoms in total. The smallest absolute Gasteiger partial charge is 0.387 e. The van der Waals surface area contributed by atoms with Crippen LogP contribution in [0.5, 0.6) is 11.5 Å². The molecular weight excluding hydrogens is 638 g/mol. The van der Waals surface area contributed by atoms with Gasteiger partial charge >= 0.3 is 6.61 Å². The Kier molecular flexibility index (Phi) is 9.54. The van der Waals surface area contributed by atoms with Gasteiger partial charge in [0.25, 0.3) is 5.91 Å². The molecule has 1 fully saturated rings. The van der Waals surface area contributed by atoms with Crippen molar-refractivity contribution in [2.24, 2.45) is 0 Å². The van der Waals surface area contributed by atoms with Crippen molar-refractivity contribution in [3.63, 3.8) is 0 Å². The zero-order chi connectivity index (χ0) is 33.9. The normalized spacial score (nSPS) is 15.2. The number of carbonyl (C=O) groups is 1. The van der Waals surface area contributed by atoms with Gasteiger partial charge in [-0.3, -0.25) is 14.4 Å². The van der Waals surface area contributed by atoms with Gasteiger partial charge in [0.1, 0.15) is 34.6 Å². The van der Waals surface area contributed by atoms with E-state index < -0.39 is 25.0 Å². The summed E-state index contributed by atoms with van der Waals surface area (Å²) in [4.78, 5) is 21.5. The molecule has 18 heteroatoms. The van der Waals surface area contributed by atoms with Gasteiger partial charge in [-0.05, 0) is 38.4 Å². The van der Waals surface area contributed by atoms with E-state index >= 15 is 0 Å². The van der Waals surface area contributed by atoms with Gasteiger partial charge in [-0.15, -0.1) is 5.10 Å². The molecule has 5 aromatic rings. The number of alkyl halides is 4. The van der Waals surface area contributed by atoms with E-state index in [0.29, 0.717) is 37.5 Å². The van der Waals surface area contributed by atoms with E-state index in [-0.39, 0.29) is 46.6 Å². The van der Waals surface area contributed by atoms with E-state index in [9.17, 15) is 22.4 Å². The summed E-state index contributed by atoms with van der Waals surface area (Å²) in [5, 5.41) is 20.0. The lowest BCUT2D eigenvalue weighted by atomic mass is 10.1. The highest BCUT2D eigenvalue weighted by molar-refractivity contribution is 6.09. The van der Waals surface area contributed by atoms with Crippen LogP contribution in [0.4, 0.5) is 23.2 Å². The highest BCUT2D eigenvalue weighted by Crippen LogP contribution is 2.38. The molecule has 0 spiro atoms. The fraction of sp³-hybridized carbons (Fsp3) is 0.400. The third-order valence-corrected chi connectivity index (χ3v) is 7.47. The first-order chi connectivity index (χ1) is 23.0. The Labute approximate surface area is 271 Å². The van der Waals surface area contributed by atoms with Crippen LogP contribution in [0.25, 0.3) is 16.9 Å². The lowest BCUT2D eigenvalue weighted by molar-refractivity contribution is -0.0495. The molecule has 1 saturated heterocycles. The van der Waals surface area contributed by atoms with Crippen LogP contribution in [0.3, 0.4) is 0 Å². The lowest BCUT2D eigenvalue weighted by Crippen LogP contribution is -2.51. The molecule has 1 aromatic carbocycles. The highest BCUT2D eigenvalue weighted by Gasteiger charge is 2.31. The number of anilines is 1. The number of nitrogens with one attached hydrogen (secondary N) is 1. The first kappa shape index (κ1) is 32.8. The first-order valence-electron chi connectivity index (χ1n) is 15.0. The van der Waals surface area contributed by atoms with E-state index in [1.165, 1.54) is 52.9 Å². The molecule has 0 bridgehead atoms. The quantitative estimate of drug-likeness (QED) is 0.175. The van der Waals surface area contributed by atoms with Gasteiger partial charge in [-0.1, -0.05) is 5.21 Å². The van der Waals surface area contributed by atoms with Gasteiger partial charge in [0, 0.05) is 51.7 Å². The van der Waals surface area contributed by atoms with Gasteiger partial charge in [0.2, 0.25) is 6.36 Å². The van der Waals surface area contributed by atoms with Crippen LogP contribution in [-0.4, -0.2) is 114 Å². The topological polar surface area (TPSA) is 133 Å². The molecule has 6 rings (SSSR count). The number of likely N-dealkylation sites (tertiary alicyclic amines) is 1. The average molecular weight is 672 g/mol. The van der Waals surface area contributed by atoms with Gasteiger partial charge < -0.3 is 19.7 Å². The molecule has 2 atom stereocenters. The zero-order valence-corrected chi connectivity index (χ0v) is 26.2. The van der Waals surface area contributed by atoms with Gasteiger partial charge in [0.15, 0.2) is 5.65 Å². The number of nitrogens with zero attached hydrogens (tertiary/aromatic N) is 10. The number of benzene rings is 1. The number of ether oxygens (including phenoxy) is 2. The molecule has 5 heterocycles. The number of hydrogen-bond donors (Lipinski definition) is 1. The number of carbonyl (C=O) groups excluding carboxylic acids is 1. The summed E-state index contributed by atoms with van der Waals surface area (Å²) < 4.78 is 69.3. The van der Waals surface area contributed by atoms with E-state index in [1.807, 2.05) is 23.9 Å². The van der Waals surface area contributed by atoms with Crippen LogP contribution >= 0.6 is 0 Å². The number of hydrogen-bond acceptors (Lipinski definition) is 10. The molecule has 0 radical (unpaired) electrons. The summed E-state index contributed by atoms with van der Waals surface area (Å²) >= 11 is 0. The molecule has 4 aromatic heterocycles. The Balaban J connectivity index is 1.27. The Morgan fingerprint density at radius 2 is 1.96 bits per heavy atom. The molecule has 2 unspecified atom stereocenters. The van der Waals surface area contributed by atoms with Crippen molar-refractivity contribution in [1.82, 2.24) is 49.2 Å². The SMILES string of the molecule is CC(F)Oc1ccc(OC(F)F)c(-c2nn(Cc3cn(C4CN(CC(F)CN(C)C)C4)nn3)cc2NC(=O)c2cnn3cccnc23)c1. The number of rotatable bonds is 14. The van der Waals surface area contributed by atoms with Crippen molar-refractivity contribution >= 4 is 17.2 Å². The standard InChI is InChI=1S/C30H33F4N11O3/c1-18(31)47-22-5-6-26(48-30(33)34)23(9-22)27-25(37-29(46)24-10-36-44-8-4-7-35-28(24)44)17-43(39-27)13-20-14-45(40-38-20)21-15-42(16-21)12-19(32)11-41(2)3/h4-10,14,17-19,21,30H,11-13,15-16H2,1-3H3,(H,37,46). The monoisotopic (exact) mass is 671 g/mol. The van der Waals surface area contributed by atoms with Crippen LogP contribution in [0, 0.1) is 0 Å². The van der Waals surface area contributed by atoms with Crippen LogP contribution < -0.4 is 14.8 Å². The fourth-order valence-electron chi connectivity index (χ4n) is 5.45. The van der Waals surface area contributed by atoms with Gasteiger partial charge in [-0.2, -0.15) is 19.0 Å². The number of halogens is 4. The van der Waals surface area contributed by atoms with Crippen LogP contribution in [0.1, 0.15) is 29.0 Å². The van der Waals surface area contributed by atoms with Crippen molar-refractivity contribution in [2.75, 3.05) is 45.6 Å². The van der Waals surface area contributed by atoms with Crippen LogP contribution in [0.15, 0.2) is 55.2 Å². The van der Waals surface area contributed by atoms with Crippen molar-refractivity contribution in [3.8, 4) is 22.8 Å². The Bertz CT molecular complexity index is 1870. The largest absolute Gasteiger partial charge is 0.461 e.